The zero-order valence-electron chi connectivity index (χ0n) is 15.1. The molecule has 0 saturated carbocycles. The maximum atomic E-state index is 12.2. The number of benzene rings is 1. The van der Waals surface area contributed by atoms with Gasteiger partial charge in [0, 0.05) is 36.4 Å². The highest BCUT2D eigenvalue weighted by molar-refractivity contribution is 8.18. The van der Waals surface area contributed by atoms with Crippen molar-refractivity contribution in [1.82, 2.24) is 4.90 Å². The van der Waals surface area contributed by atoms with Gasteiger partial charge in [-0.25, -0.2) is 0 Å². The third-order valence-electron chi connectivity index (χ3n) is 4.56. The van der Waals surface area contributed by atoms with Crippen molar-refractivity contribution in [3.05, 3.63) is 56.7 Å². The summed E-state index contributed by atoms with van der Waals surface area (Å²) in [6.07, 6.45) is 1.65. The lowest BCUT2D eigenvalue weighted by molar-refractivity contribution is -0.385. The second kappa shape index (κ2) is 7.61. The number of nitro groups is 1. The molecule has 1 aromatic heterocycles. The lowest BCUT2D eigenvalue weighted by atomic mass is 10.1. The average Bonchev–Trinajstić information content (AvgIpc) is 3.30. The van der Waals surface area contributed by atoms with Gasteiger partial charge in [-0.3, -0.25) is 14.9 Å². The van der Waals surface area contributed by atoms with Gasteiger partial charge in [-0.1, -0.05) is 12.1 Å². The number of thioether (sulfide) groups is 1. The minimum Gasteiger partial charge on any atom is -0.457 e. The molecule has 2 aliphatic rings. The first-order valence-corrected chi connectivity index (χ1v) is 9.54. The van der Waals surface area contributed by atoms with Gasteiger partial charge in [0.05, 0.1) is 23.0 Å². The highest BCUT2D eigenvalue weighted by Gasteiger charge is 2.27. The van der Waals surface area contributed by atoms with E-state index >= 15 is 0 Å². The highest BCUT2D eigenvalue weighted by Crippen LogP contribution is 2.34. The molecule has 8 nitrogen and oxygen atoms in total. The minimum absolute atomic E-state index is 0.0406. The maximum absolute atomic E-state index is 12.2. The van der Waals surface area contributed by atoms with Gasteiger partial charge >= 0.3 is 0 Å². The summed E-state index contributed by atoms with van der Waals surface area (Å²) < 4.78 is 11.2. The maximum Gasteiger partial charge on any atom is 0.286 e. The van der Waals surface area contributed by atoms with Crippen LogP contribution >= 0.6 is 11.8 Å². The van der Waals surface area contributed by atoms with E-state index in [1.165, 1.54) is 17.8 Å². The summed E-state index contributed by atoms with van der Waals surface area (Å²) in [5.41, 5.74) is 1.22. The lowest BCUT2D eigenvalue weighted by Crippen LogP contribution is -2.38. The van der Waals surface area contributed by atoms with E-state index in [9.17, 15) is 14.9 Å². The molecular formula is C19H17N3O5S. The van der Waals surface area contributed by atoms with Crippen molar-refractivity contribution < 1.29 is 18.9 Å². The van der Waals surface area contributed by atoms with E-state index in [-0.39, 0.29) is 11.6 Å². The zero-order valence-corrected chi connectivity index (χ0v) is 15.9. The SMILES string of the molecule is Cc1c(-c2ccc(C=C3SC(N4CCOCC4)=NC3=O)o2)cccc1[N+](=O)[O-]. The van der Waals surface area contributed by atoms with Gasteiger partial charge in [0.1, 0.15) is 11.5 Å². The smallest absolute Gasteiger partial charge is 0.286 e. The van der Waals surface area contributed by atoms with E-state index in [4.69, 9.17) is 9.15 Å². The molecule has 1 aromatic carbocycles. The molecule has 28 heavy (non-hydrogen) atoms. The van der Waals surface area contributed by atoms with Crippen LogP contribution in [0.3, 0.4) is 0 Å². The molecule has 3 heterocycles. The monoisotopic (exact) mass is 399 g/mol. The molecule has 144 valence electrons. The number of furan rings is 1. The van der Waals surface area contributed by atoms with Crippen molar-refractivity contribution in [2.24, 2.45) is 4.99 Å². The quantitative estimate of drug-likeness (QED) is 0.443. The fourth-order valence-corrected chi connectivity index (χ4v) is 4.03. The number of morpholine rings is 1. The molecule has 0 atom stereocenters. The summed E-state index contributed by atoms with van der Waals surface area (Å²) in [7, 11) is 0. The molecule has 9 heteroatoms. The lowest BCUT2D eigenvalue weighted by Gasteiger charge is -2.27. The predicted molar refractivity (Wildman–Crippen MR) is 106 cm³/mol. The number of aliphatic imine (C=N–C) groups is 1. The van der Waals surface area contributed by atoms with Crippen molar-refractivity contribution in [1.29, 1.82) is 0 Å². The van der Waals surface area contributed by atoms with Crippen molar-refractivity contribution in [3.8, 4) is 11.3 Å². The van der Waals surface area contributed by atoms with Crippen LogP contribution in [0.4, 0.5) is 5.69 Å². The molecule has 0 aliphatic carbocycles. The number of nitro benzene ring substituents is 1. The summed E-state index contributed by atoms with van der Waals surface area (Å²) in [6.45, 7) is 4.35. The number of ether oxygens (including phenoxy) is 1. The van der Waals surface area contributed by atoms with Crippen LogP contribution in [-0.2, 0) is 9.53 Å². The molecule has 0 radical (unpaired) electrons. The Morgan fingerprint density at radius 3 is 2.79 bits per heavy atom. The fraction of sp³-hybridized carbons (Fsp3) is 0.263. The number of amidine groups is 1. The molecule has 1 fully saturated rings. The molecule has 2 aliphatic heterocycles. The van der Waals surface area contributed by atoms with Gasteiger partial charge in [-0.15, -0.1) is 0 Å². The Hall–Kier alpha value is -2.91. The van der Waals surface area contributed by atoms with Crippen LogP contribution in [0.25, 0.3) is 17.4 Å². The van der Waals surface area contributed by atoms with E-state index in [0.717, 1.165) is 0 Å². The fourth-order valence-electron chi connectivity index (χ4n) is 3.08. The molecular weight excluding hydrogens is 382 g/mol. The van der Waals surface area contributed by atoms with E-state index in [0.29, 0.717) is 59.0 Å². The number of amides is 1. The van der Waals surface area contributed by atoms with Crippen molar-refractivity contribution in [3.63, 3.8) is 0 Å². The first-order chi connectivity index (χ1) is 13.5. The van der Waals surface area contributed by atoms with Gasteiger partial charge in [-0.05, 0) is 30.8 Å². The van der Waals surface area contributed by atoms with Gasteiger partial charge < -0.3 is 14.1 Å². The number of rotatable bonds is 3. The van der Waals surface area contributed by atoms with E-state index in [1.807, 2.05) is 4.90 Å². The average molecular weight is 399 g/mol. The molecule has 0 unspecified atom stereocenters. The van der Waals surface area contributed by atoms with Gasteiger partial charge in [0.2, 0.25) is 0 Å². The van der Waals surface area contributed by atoms with Crippen LogP contribution in [0.2, 0.25) is 0 Å². The Bertz CT molecular complexity index is 1000. The standard InChI is InChI=1S/C19H17N3O5S/c1-12-14(3-2-4-15(12)22(24)25)16-6-5-13(27-16)11-17-18(23)20-19(28-17)21-7-9-26-10-8-21/h2-6,11H,7-10H2,1H3. The Kier molecular flexibility index (Phi) is 5.01. The van der Waals surface area contributed by atoms with Crippen molar-refractivity contribution >= 4 is 34.6 Å². The topological polar surface area (TPSA) is 98.2 Å². The largest absolute Gasteiger partial charge is 0.457 e. The van der Waals surface area contributed by atoms with Crippen LogP contribution in [-0.4, -0.2) is 47.2 Å². The molecule has 4 rings (SSSR count). The second-order valence-electron chi connectivity index (χ2n) is 6.32. The van der Waals surface area contributed by atoms with Gasteiger partial charge in [0.15, 0.2) is 5.17 Å². The van der Waals surface area contributed by atoms with Crippen LogP contribution in [0, 0.1) is 17.0 Å². The van der Waals surface area contributed by atoms with Crippen LogP contribution in [0.5, 0.6) is 0 Å². The number of hydrogen-bond donors (Lipinski definition) is 0. The molecule has 1 saturated heterocycles. The predicted octanol–water partition coefficient (Wildman–Crippen LogP) is 3.47. The summed E-state index contributed by atoms with van der Waals surface area (Å²) >= 11 is 1.32. The number of hydrogen-bond acceptors (Lipinski definition) is 7. The van der Waals surface area contributed by atoms with Gasteiger partial charge in [-0.2, -0.15) is 4.99 Å². The van der Waals surface area contributed by atoms with Gasteiger partial charge in [0.25, 0.3) is 11.6 Å². The Morgan fingerprint density at radius 2 is 2.04 bits per heavy atom. The summed E-state index contributed by atoms with van der Waals surface area (Å²) in [5, 5.41) is 11.8. The first kappa shape index (κ1) is 18.5. The molecule has 0 bridgehead atoms. The number of nitrogens with zero attached hydrogens (tertiary/aromatic N) is 3. The Balaban J connectivity index is 1.55. The van der Waals surface area contributed by atoms with Crippen LogP contribution < -0.4 is 0 Å². The molecule has 1 amide bonds. The van der Waals surface area contributed by atoms with Crippen LogP contribution in [0.15, 0.2) is 44.6 Å². The first-order valence-electron chi connectivity index (χ1n) is 8.72. The minimum atomic E-state index is -0.414. The third kappa shape index (κ3) is 3.58. The molecule has 0 spiro atoms. The summed E-state index contributed by atoms with van der Waals surface area (Å²) in [6, 6.07) is 8.34. The number of carbonyl (C=O) groups is 1. The third-order valence-corrected chi connectivity index (χ3v) is 5.60. The van der Waals surface area contributed by atoms with E-state index in [2.05, 4.69) is 4.99 Å². The molecule has 0 N–H and O–H groups in total. The summed E-state index contributed by atoms with van der Waals surface area (Å²) in [5.74, 6) is 0.712. The van der Waals surface area contributed by atoms with Crippen molar-refractivity contribution in [2.75, 3.05) is 26.3 Å². The van der Waals surface area contributed by atoms with E-state index in [1.54, 1.807) is 37.3 Å². The van der Waals surface area contributed by atoms with E-state index < -0.39 is 4.92 Å². The normalized spacial score (nSPS) is 18.6. The van der Waals surface area contributed by atoms with Crippen molar-refractivity contribution in [2.45, 2.75) is 6.92 Å². The summed E-state index contributed by atoms with van der Waals surface area (Å²) in [4.78, 5) is 29.6. The molecule has 2 aromatic rings. The van der Waals surface area contributed by atoms with Crippen LogP contribution in [0.1, 0.15) is 11.3 Å². The Labute approximate surface area is 165 Å². The zero-order chi connectivity index (χ0) is 19.7. The second-order valence-corrected chi connectivity index (χ2v) is 7.33. The highest BCUT2D eigenvalue weighted by atomic mass is 32.2. The number of carbonyl (C=O) groups excluding carboxylic acids is 1. The Morgan fingerprint density at radius 1 is 1.25 bits per heavy atom.